The van der Waals surface area contributed by atoms with Crippen molar-refractivity contribution < 1.29 is 28.8 Å². The summed E-state index contributed by atoms with van der Waals surface area (Å²) in [5, 5.41) is 15.4. The van der Waals surface area contributed by atoms with Gasteiger partial charge in [-0.25, -0.2) is 4.79 Å². The second-order valence-corrected chi connectivity index (χ2v) is 12.1. The SMILES string of the molecule is COc1cc2c(cc1OC)CN(CC1CC(c3ccc(CO)cc3)OC(c3ccc(CNC(=O)NCc4ccccc4)cc3)O1)CC2. The summed E-state index contributed by atoms with van der Waals surface area (Å²) in [6, 6.07) is 29.7. The monoisotopic (exact) mass is 637 g/mol. The molecule has 9 nitrogen and oxygen atoms in total. The maximum atomic E-state index is 12.4. The lowest BCUT2D eigenvalue weighted by atomic mass is 9.97. The van der Waals surface area contributed by atoms with E-state index in [9.17, 15) is 9.90 Å². The lowest BCUT2D eigenvalue weighted by Crippen LogP contribution is -2.41. The first kappa shape index (κ1) is 32.5. The van der Waals surface area contributed by atoms with Crippen LogP contribution in [0.2, 0.25) is 0 Å². The highest BCUT2D eigenvalue weighted by Crippen LogP contribution is 2.39. The Hall–Kier alpha value is -4.41. The van der Waals surface area contributed by atoms with Crippen LogP contribution in [-0.4, -0.2) is 49.5 Å². The zero-order valence-corrected chi connectivity index (χ0v) is 27.0. The molecule has 0 saturated carbocycles. The Balaban J connectivity index is 1.11. The zero-order chi connectivity index (χ0) is 32.6. The van der Waals surface area contributed by atoms with Crippen LogP contribution in [0.15, 0.2) is 91.0 Å². The number of amides is 2. The van der Waals surface area contributed by atoms with E-state index in [2.05, 4.69) is 27.7 Å². The van der Waals surface area contributed by atoms with Crippen LogP contribution in [0.4, 0.5) is 4.79 Å². The Morgan fingerprint density at radius 1 is 0.809 bits per heavy atom. The zero-order valence-electron chi connectivity index (χ0n) is 27.0. The summed E-state index contributed by atoms with van der Waals surface area (Å²) in [6.45, 7) is 3.37. The van der Waals surface area contributed by atoms with Gasteiger partial charge in [0.05, 0.1) is 33.0 Å². The van der Waals surface area contributed by atoms with Crippen molar-refractivity contribution in [1.82, 2.24) is 15.5 Å². The summed E-state index contributed by atoms with van der Waals surface area (Å²) < 4.78 is 24.3. The summed E-state index contributed by atoms with van der Waals surface area (Å²) in [5.41, 5.74) is 7.40. The molecule has 3 atom stereocenters. The van der Waals surface area contributed by atoms with Crippen LogP contribution in [0.3, 0.4) is 0 Å². The van der Waals surface area contributed by atoms with Gasteiger partial charge in [0, 0.05) is 44.7 Å². The number of ether oxygens (including phenoxy) is 4. The molecule has 6 rings (SSSR count). The Labute approximate surface area is 276 Å². The van der Waals surface area contributed by atoms with E-state index in [1.807, 2.05) is 78.9 Å². The number of benzene rings is 4. The molecule has 0 aromatic heterocycles. The molecule has 0 aliphatic carbocycles. The van der Waals surface area contributed by atoms with Gasteiger partial charge in [-0.05, 0) is 51.9 Å². The predicted molar refractivity (Wildman–Crippen MR) is 179 cm³/mol. The number of carbonyl (C=O) groups is 1. The summed E-state index contributed by atoms with van der Waals surface area (Å²) in [6.07, 6.45) is 0.863. The Morgan fingerprint density at radius 3 is 2.09 bits per heavy atom. The van der Waals surface area contributed by atoms with Crippen LogP contribution in [0.1, 0.15) is 57.8 Å². The number of hydrogen-bond acceptors (Lipinski definition) is 7. The van der Waals surface area contributed by atoms with Gasteiger partial charge >= 0.3 is 6.03 Å². The molecule has 2 aliphatic rings. The average molecular weight is 638 g/mol. The lowest BCUT2D eigenvalue weighted by molar-refractivity contribution is -0.253. The van der Waals surface area contributed by atoms with Crippen molar-refractivity contribution in [2.24, 2.45) is 0 Å². The van der Waals surface area contributed by atoms with E-state index in [1.165, 1.54) is 11.1 Å². The standard InChI is InChI=1S/C38H43N3O6/c1-44-35-18-31-16-17-41(23-32(31)19-36(35)45-2)24-33-20-34(29-12-10-28(25-42)11-13-29)47-37(46-33)30-14-8-27(9-15-30)22-40-38(43)39-21-26-6-4-3-5-7-26/h3-15,18-19,33-34,37,42H,16-17,20-25H2,1-2H3,(H2,39,40,43). The van der Waals surface area contributed by atoms with Crippen LogP contribution in [0.5, 0.6) is 11.5 Å². The molecule has 2 amide bonds. The number of hydrogen-bond donors (Lipinski definition) is 3. The fourth-order valence-corrected chi connectivity index (χ4v) is 6.23. The normalized spacial score (nSPS) is 19.4. The first-order valence-corrected chi connectivity index (χ1v) is 16.1. The molecule has 47 heavy (non-hydrogen) atoms. The van der Waals surface area contributed by atoms with Gasteiger partial charge in [0.25, 0.3) is 0 Å². The molecule has 3 N–H and O–H groups in total. The number of carbonyl (C=O) groups excluding carboxylic acids is 1. The number of rotatable bonds is 11. The summed E-state index contributed by atoms with van der Waals surface area (Å²) in [4.78, 5) is 14.8. The molecule has 1 fully saturated rings. The van der Waals surface area contributed by atoms with E-state index in [0.717, 1.165) is 65.4 Å². The molecule has 0 spiro atoms. The predicted octanol–water partition coefficient (Wildman–Crippen LogP) is 5.80. The summed E-state index contributed by atoms with van der Waals surface area (Å²) in [7, 11) is 3.34. The van der Waals surface area contributed by atoms with Crippen LogP contribution >= 0.6 is 0 Å². The van der Waals surface area contributed by atoms with Gasteiger partial charge in [-0.3, -0.25) is 4.90 Å². The maximum absolute atomic E-state index is 12.4. The van der Waals surface area contributed by atoms with Crippen LogP contribution in [0, 0.1) is 0 Å². The van der Waals surface area contributed by atoms with E-state index >= 15 is 0 Å². The molecule has 4 aromatic rings. The van der Waals surface area contributed by atoms with Gasteiger partial charge < -0.3 is 34.7 Å². The Morgan fingerprint density at radius 2 is 1.43 bits per heavy atom. The molecule has 1 saturated heterocycles. The topological polar surface area (TPSA) is 102 Å². The highest BCUT2D eigenvalue weighted by molar-refractivity contribution is 5.73. The fraction of sp³-hybridized carbons (Fsp3) is 0.342. The van der Waals surface area contributed by atoms with Crippen molar-refractivity contribution in [2.75, 3.05) is 27.3 Å². The van der Waals surface area contributed by atoms with E-state index in [-0.39, 0.29) is 24.8 Å². The smallest absolute Gasteiger partial charge is 0.315 e. The van der Waals surface area contributed by atoms with Gasteiger partial charge in [-0.2, -0.15) is 0 Å². The number of aliphatic hydroxyl groups excluding tert-OH is 1. The molecule has 0 radical (unpaired) electrons. The van der Waals surface area contributed by atoms with Crippen molar-refractivity contribution in [3.8, 4) is 11.5 Å². The number of urea groups is 1. The second-order valence-electron chi connectivity index (χ2n) is 12.1. The number of nitrogens with one attached hydrogen (secondary N) is 2. The number of fused-ring (bicyclic) bond motifs is 1. The van der Waals surface area contributed by atoms with Crippen LogP contribution in [0.25, 0.3) is 0 Å². The van der Waals surface area contributed by atoms with Crippen molar-refractivity contribution >= 4 is 6.03 Å². The van der Waals surface area contributed by atoms with E-state index in [0.29, 0.717) is 19.5 Å². The Kier molecular flexibility index (Phi) is 10.7. The first-order valence-electron chi connectivity index (χ1n) is 16.1. The highest BCUT2D eigenvalue weighted by Gasteiger charge is 2.34. The van der Waals surface area contributed by atoms with Crippen molar-refractivity contribution in [2.45, 2.75) is 57.6 Å². The van der Waals surface area contributed by atoms with Gasteiger partial charge in [0.2, 0.25) is 0 Å². The van der Waals surface area contributed by atoms with Crippen molar-refractivity contribution in [3.05, 3.63) is 130 Å². The summed E-state index contributed by atoms with van der Waals surface area (Å²) in [5.74, 6) is 1.51. The molecule has 246 valence electrons. The van der Waals surface area contributed by atoms with E-state index in [1.54, 1.807) is 14.2 Å². The maximum Gasteiger partial charge on any atom is 0.315 e. The molecule has 9 heteroatoms. The molecular formula is C38H43N3O6. The minimum atomic E-state index is -0.547. The molecule has 0 bridgehead atoms. The number of aliphatic hydroxyl groups is 1. The van der Waals surface area contributed by atoms with E-state index < -0.39 is 6.29 Å². The van der Waals surface area contributed by atoms with Crippen LogP contribution in [-0.2, 0) is 42.1 Å². The minimum Gasteiger partial charge on any atom is -0.493 e. The minimum absolute atomic E-state index is 0.00313. The third kappa shape index (κ3) is 8.31. The van der Waals surface area contributed by atoms with Gasteiger partial charge in [-0.15, -0.1) is 0 Å². The quantitative estimate of drug-likeness (QED) is 0.191. The Bertz CT molecular complexity index is 1610. The average Bonchev–Trinajstić information content (AvgIpc) is 3.13. The summed E-state index contributed by atoms with van der Waals surface area (Å²) >= 11 is 0. The van der Waals surface area contributed by atoms with Gasteiger partial charge in [0.1, 0.15) is 0 Å². The molecule has 2 heterocycles. The third-order valence-electron chi connectivity index (χ3n) is 8.87. The van der Waals surface area contributed by atoms with E-state index in [4.69, 9.17) is 18.9 Å². The second kappa shape index (κ2) is 15.5. The van der Waals surface area contributed by atoms with Crippen molar-refractivity contribution in [3.63, 3.8) is 0 Å². The first-order chi connectivity index (χ1) is 23.0. The molecule has 3 unspecified atom stereocenters. The number of methoxy groups -OCH3 is 2. The highest BCUT2D eigenvalue weighted by atomic mass is 16.7. The fourth-order valence-electron chi connectivity index (χ4n) is 6.23. The third-order valence-corrected chi connectivity index (χ3v) is 8.87. The number of nitrogens with zero attached hydrogens (tertiary/aromatic N) is 1. The molecule has 4 aromatic carbocycles. The largest absolute Gasteiger partial charge is 0.493 e. The van der Waals surface area contributed by atoms with Crippen LogP contribution < -0.4 is 20.1 Å². The van der Waals surface area contributed by atoms with Gasteiger partial charge in [0.15, 0.2) is 17.8 Å². The lowest BCUT2D eigenvalue weighted by Gasteiger charge is -2.39. The van der Waals surface area contributed by atoms with Gasteiger partial charge in [-0.1, -0.05) is 78.9 Å². The molecule has 2 aliphatic heterocycles. The molecular weight excluding hydrogens is 594 g/mol. The van der Waals surface area contributed by atoms with Crippen molar-refractivity contribution in [1.29, 1.82) is 0 Å².